The summed E-state index contributed by atoms with van der Waals surface area (Å²) in [5.74, 6) is 0.579. The molecule has 0 saturated carbocycles. The molecule has 90 valence electrons. The minimum absolute atomic E-state index is 0.130. The topological polar surface area (TPSA) is 38.3 Å². The molecule has 0 fully saturated rings. The summed E-state index contributed by atoms with van der Waals surface area (Å²) in [6, 6.07) is 7.92. The van der Waals surface area contributed by atoms with E-state index in [1.54, 1.807) is 7.11 Å². The second-order valence-corrected chi connectivity index (χ2v) is 5.18. The molecule has 0 aromatic heterocycles. The molecule has 0 radical (unpaired) electrons. The largest absolute Gasteiger partial charge is 0.383 e. The Labute approximate surface area is 99.7 Å². The predicted octanol–water partition coefficient (Wildman–Crippen LogP) is 1.34. The van der Waals surface area contributed by atoms with E-state index >= 15 is 0 Å². The normalized spacial score (nSPS) is 14.7. The molecule has 0 bridgehead atoms. The standard InChI is InChI=1S/C12H19NO2S/c1-10-6-4-5-7-12(10)16(14)9-11(13-2)8-15-3/h4-7,11,13H,8-9H2,1-3H3. The van der Waals surface area contributed by atoms with E-state index in [0.29, 0.717) is 12.4 Å². The third-order valence-corrected chi connectivity index (χ3v) is 4.12. The maximum atomic E-state index is 12.1. The number of ether oxygens (including phenoxy) is 1. The number of aryl methyl sites for hydroxylation is 1. The van der Waals surface area contributed by atoms with Crippen LogP contribution in [-0.2, 0) is 15.5 Å². The van der Waals surface area contributed by atoms with Crippen LogP contribution >= 0.6 is 0 Å². The van der Waals surface area contributed by atoms with Gasteiger partial charge in [-0.3, -0.25) is 4.21 Å². The monoisotopic (exact) mass is 241 g/mol. The molecule has 1 aromatic carbocycles. The van der Waals surface area contributed by atoms with Gasteiger partial charge in [-0.15, -0.1) is 0 Å². The van der Waals surface area contributed by atoms with Gasteiger partial charge in [0.05, 0.1) is 17.4 Å². The average molecular weight is 241 g/mol. The third kappa shape index (κ3) is 3.70. The first kappa shape index (κ1) is 13.4. The maximum absolute atomic E-state index is 12.1. The Morgan fingerprint density at radius 2 is 2.12 bits per heavy atom. The van der Waals surface area contributed by atoms with Crippen LogP contribution in [0.1, 0.15) is 5.56 Å². The Morgan fingerprint density at radius 3 is 2.69 bits per heavy atom. The first-order valence-electron chi connectivity index (χ1n) is 5.29. The minimum Gasteiger partial charge on any atom is -0.383 e. The van der Waals surface area contributed by atoms with E-state index in [0.717, 1.165) is 10.5 Å². The highest BCUT2D eigenvalue weighted by molar-refractivity contribution is 7.85. The van der Waals surface area contributed by atoms with Crippen molar-refractivity contribution >= 4 is 10.8 Å². The fourth-order valence-electron chi connectivity index (χ4n) is 1.50. The molecule has 1 N–H and O–H groups in total. The van der Waals surface area contributed by atoms with E-state index in [-0.39, 0.29) is 6.04 Å². The van der Waals surface area contributed by atoms with Gasteiger partial charge >= 0.3 is 0 Å². The van der Waals surface area contributed by atoms with Crippen LogP contribution in [0.2, 0.25) is 0 Å². The number of hydrogen-bond donors (Lipinski definition) is 1. The van der Waals surface area contributed by atoms with Gasteiger partial charge in [0.1, 0.15) is 0 Å². The lowest BCUT2D eigenvalue weighted by Gasteiger charge is -2.15. The van der Waals surface area contributed by atoms with Gasteiger partial charge in [0.15, 0.2) is 0 Å². The van der Waals surface area contributed by atoms with Crippen LogP contribution in [0.4, 0.5) is 0 Å². The van der Waals surface area contributed by atoms with Crippen molar-refractivity contribution in [2.24, 2.45) is 0 Å². The second kappa shape index (κ2) is 6.78. The van der Waals surface area contributed by atoms with E-state index in [1.165, 1.54) is 0 Å². The molecule has 0 heterocycles. The van der Waals surface area contributed by atoms with Crippen molar-refractivity contribution in [1.29, 1.82) is 0 Å². The van der Waals surface area contributed by atoms with Crippen molar-refractivity contribution < 1.29 is 8.95 Å². The molecular weight excluding hydrogens is 222 g/mol. The summed E-state index contributed by atoms with van der Waals surface area (Å²) in [5, 5.41) is 3.11. The van der Waals surface area contributed by atoms with Crippen molar-refractivity contribution in [3.63, 3.8) is 0 Å². The summed E-state index contributed by atoms with van der Waals surface area (Å²) in [6.07, 6.45) is 0. The molecule has 0 aliphatic heterocycles. The van der Waals surface area contributed by atoms with Gasteiger partial charge in [-0.2, -0.15) is 0 Å². The molecule has 2 atom stereocenters. The van der Waals surface area contributed by atoms with Gasteiger partial charge in [-0.25, -0.2) is 0 Å². The van der Waals surface area contributed by atoms with Crippen LogP contribution in [0.5, 0.6) is 0 Å². The molecule has 0 aliphatic carbocycles. The Morgan fingerprint density at radius 1 is 1.44 bits per heavy atom. The fourth-order valence-corrected chi connectivity index (χ4v) is 2.97. The molecule has 0 amide bonds. The van der Waals surface area contributed by atoms with E-state index in [2.05, 4.69) is 5.32 Å². The first-order chi connectivity index (χ1) is 7.69. The number of nitrogens with one attached hydrogen (secondary N) is 1. The Balaban J connectivity index is 2.68. The summed E-state index contributed by atoms with van der Waals surface area (Å²) < 4.78 is 17.2. The zero-order chi connectivity index (χ0) is 12.0. The van der Waals surface area contributed by atoms with Gasteiger partial charge in [-0.05, 0) is 25.6 Å². The lowest BCUT2D eigenvalue weighted by Crippen LogP contribution is -2.35. The molecule has 1 aromatic rings. The van der Waals surface area contributed by atoms with Gasteiger partial charge < -0.3 is 10.1 Å². The van der Waals surface area contributed by atoms with E-state index in [4.69, 9.17) is 4.74 Å². The van der Waals surface area contributed by atoms with Crippen LogP contribution in [0.25, 0.3) is 0 Å². The Kier molecular flexibility index (Phi) is 5.66. The molecule has 1 rings (SSSR count). The van der Waals surface area contributed by atoms with Crippen LogP contribution in [0.15, 0.2) is 29.2 Å². The van der Waals surface area contributed by atoms with Gasteiger partial charge in [-0.1, -0.05) is 18.2 Å². The summed E-state index contributed by atoms with van der Waals surface area (Å²) in [5.41, 5.74) is 1.08. The second-order valence-electron chi connectivity index (χ2n) is 3.72. The minimum atomic E-state index is -0.969. The average Bonchev–Trinajstić information content (AvgIpc) is 2.28. The van der Waals surface area contributed by atoms with Crippen molar-refractivity contribution in [2.75, 3.05) is 26.5 Å². The molecule has 0 saturated heterocycles. The number of rotatable bonds is 6. The van der Waals surface area contributed by atoms with Crippen LogP contribution < -0.4 is 5.32 Å². The lowest BCUT2D eigenvalue weighted by atomic mass is 10.2. The predicted molar refractivity (Wildman–Crippen MR) is 67.2 cm³/mol. The summed E-state index contributed by atoms with van der Waals surface area (Å²) in [7, 11) is 2.54. The number of methoxy groups -OCH3 is 1. The lowest BCUT2D eigenvalue weighted by molar-refractivity contribution is 0.176. The molecule has 16 heavy (non-hydrogen) atoms. The van der Waals surface area contributed by atoms with E-state index in [1.807, 2.05) is 38.2 Å². The molecular formula is C12H19NO2S. The summed E-state index contributed by atoms with van der Waals surface area (Å²) in [4.78, 5) is 0.916. The molecule has 0 aliphatic rings. The van der Waals surface area contributed by atoms with Gasteiger partial charge in [0, 0.05) is 23.8 Å². The quantitative estimate of drug-likeness (QED) is 0.817. The first-order valence-corrected chi connectivity index (χ1v) is 6.61. The van der Waals surface area contributed by atoms with Crippen molar-refractivity contribution in [3.05, 3.63) is 29.8 Å². The third-order valence-electron chi connectivity index (χ3n) is 2.47. The van der Waals surface area contributed by atoms with Crippen molar-refractivity contribution in [3.8, 4) is 0 Å². The van der Waals surface area contributed by atoms with E-state index < -0.39 is 10.8 Å². The van der Waals surface area contributed by atoms with Gasteiger partial charge in [0.25, 0.3) is 0 Å². The SMILES string of the molecule is CNC(COC)CS(=O)c1ccccc1C. The van der Waals surface area contributed by atoms with Crippen molar-refractivity contribution in [1.82, 2.24) is 5.32 Å². The zero-order valence-corrected chi connectivity index (χ0v) is 10.8. The van der Waals surface area contributed by atoms with Gasteiger partial charge in [0.2, 0.25) is 0 Å². The van der Waals surface area contributed by atoms with Crippen LogP contribution in [-0.4, -0.2) is 36.8 Å². The highest BCUT2D eigenvalue weighted by Gasteiger charge is 2.13. The number of benzene rings is 1. The smallest absolute Gasteiger partial charge is 0.0624 e. The molecule has 3 nitrogen and oxygen atoms in total. The molecule has 0 spiro atoms. The van der Waals surface area contributed by atoms with Crippen LogP contribution in [0.3, 0.4) is 0 Å². The highest BCUT2D eigenvalue weighted by atomic mass is 32.2. The Bertz CT molecular complexity index is 355. The molecule has 2 unspecified atom stereocenters. The number of likely N-dealkylation sites (N-methyl/N-ethyl adjacent to an activating group) is 1. The zero-order valence-electron chi connectivity index (χ0n) is 10.0. The molecule has 4 heteroatoms. The van der Waals surface area contributed by atoms with Crippen LogP contribution in [0, 0.1) is 6.92 Å². The summed E-state index contributed by atoms with van der Waals surface area (Å²) in [6.45, 7) is 2.56. The van der Waals surface area contributed by atoms with E-state index in [9.17, 15) is 4.21 Å². The fraction of sp³-hybridized carbons (Fsp3) is 0.500. The maximum Gasteiger partial charge on any atom is 0.0624 e. The van der Waals surface area contributed by atoms with Crippen molar-refractivity contribution in [2.45, 2.75) is 17.9 Å². The summed E-state index contributed by atoms with van der Waals surface area (Å²) >= 11 is 0. The Hall–Kier alpha value is -0.710. The highest BCUT2D eigenvalue weighted by Crippen LogP contribution is 2.13. The number of hydrogen-bond acceptors (Lipinski definition) is 3.